The van der Waals surface area contributed by atoms with E-state index in [1.807, 2.05) is 6.07 Å². The van der Waals surface area contributed by atoms with Crippen LogP contribution < -0.4 is 19.1 Å². The molecule has 1 amide bonds. The highest BCUT2D eigenvalue weighted by Gasteiger charge is 2.25. The Balaban J connectivity index is 1.99. The molecule has 162 valence electrons. The summed E-state index contributed by atoms with van der Waals surface area (Å²) in [5, 5.41) is 2.73. The second-order valence-electron chi connectivity index (χ2n) is 6.52. The van der Waals surface area contributed by atoms with Crippen LogP contribution in [0.25, 0.3) is 0 Å². The van der Waals surface area contributed by atoms with Gasteiger partial charge in [-0.25, -0.2) is 8.42 Å². The van der Waals surface area contributed by atoms with E-state index in [4.69, 9.17) is 9.47 Å². The Morgan fingerprint density at radius 3 is 2.19 bits per heavy atom. The van der Waals surface area contributed by atoms with Gasteiger partial charge < -0.3 is 14.8 Å². The smallest absolute Gasteiger partial charge is 0.264 e. The van der Waals surface area contributed by atoms with E-state index in [9.17, 15) is 13.2 Å². The van der Waals surface area contributed by atoms with E-state index in [1.165, 1.54) is 36.7 Å². The van der Waals surface area contributed by atoms with E-state index in [0.29, 0.717) is 22.7 Å². The van der Waals surface area contributed by atoms with Gasteiger partial charge in [0.25, 0.3) is 15.9 Å². The second kappa shape index (κ2) is 9.53. The first-order valence-electron chi connectivity index (χ1n) is 9.62. The Bertz CT molecular complexity index is 1160. The first-order chi connectivity index (χ1) is 14.9. The largest absolute Gasteiger partial charge is 0.496 e. The van der Waals surface area contributed by atoms with Crippen LogP contribution in [-0.4, -0.2) is 35.1 Å². The highest BCUT2D eigenvalue weighted by atomic mass is 32.2. The van der Waals surface area contributed by atoms with Gasteiger partial charge in [-0.1, -0.05) is 30.3 Å². The van der Waals surface area contributed by atoms with E-state index >= 15 is 0 Å². The molecule has 0 aliphatic heterocycles. The summed E-state index contributed by atoms with van der Waals surface area (Å²) in [6.45, 7) is 2.01. The van der Waals surface area contributed by atoms with Crippen LogP contribution in [0.5, 0.6) is 11.5 Å². The van der Waals surface area contributed by atoms with Crippen molar-refractivity contribution in [1.82, 2.24) is 0 Å². The number of para-hydroxylation sites is 2. The zero-order chi connectivity index (χ0) is 22.4. The summed E-state index contributed by atoms with van der Waals surface area (Å²) in [5.41, 5.74) is 1.11. The summed E-state index contributed by atoms with van der Waals surface area (Å²) in [6, 6.07) is 20.0. The molecule has 0 saturated carbocycles. The van der Waals surface area contributed by atoms with Crippen LogP contribution in [0.15, 0.2) is 77.7 Å². The van der Waals surface area contributed by atoms with Crippen LogP contribution in [0.4, 0.5) is 11.4 Å². The minimum atomic E-state index is -3.86. The molecular weight excluding hydrogens is 416 g/mol. The lowest BCUT2D eigenvalue weighted by Gasteiger charge is -2.23. The lowest BCUT2D eigenvalue weighted by atomic mass is 10.2. The van der Waals surface area contributed by atoms with Crippen LogP contribution in [0.3, 0.4) is 0 Å². The topological polar surface area (TPSA) is 84.9 Å². The number of nitrogens with one attached hydrogen (secondary N) is 1. The number of ether oxygens (including phenoxy) is 2. The van der Waals surface area contributed by atoms with Crippen molar-refractivity contribution in [2.24, 2.45) is 0 Å². The number of methoxy groups -OCH3 is 2. The second-order valence-corrected chi connectivity index (χ2v) is 8.38. The first kappa shape index (κ1) is 22.2. The highest BCUT2D eigenvalue weighted by molar-refractivity contribution is 7.92. The maximum absolute atomic E-state index is 13.3. The summed E-state index contributed by atoms with van der Waals surface area (Å²) >= 11 is 0. The molecule has 0 heterocycles. The van der Waals surface area contributed by atoms with Gasteiger partial charge in [0.2, 0.25) is 0 Å². The molecule has 3 aromatic carbocycles. The molecule has 0 radical (unpaired) electrons. The van der Waals surface area contributed by atoms with Crippen LogP contribution in [0.2, 0.25) is 0 Å². The third kappa shape index (κ3) is 4.64. The van der Waals surface area contributed by atoms with Crippen molar-refractivity contribution < 1.29 is 22.7 Å². The molecule has 0 aliphatic carbocycles. The monoisotopic (exact) mass is 440 g/mol. The number of hydrogen-bond donors (Lipinski definition) is 1. The molecule has 7 nitrogen and oxygen atoms in total. The number of sulfonamides is 1. The van der Waals surface area contributed by atoms with Gasteiger partial charge in [-0.2, -0.15) is 0 Å². The van der Waals surface area contributed by atoms with Gasteiger partial charge in [0, 0.05) is 6.54 Å². The van der Waals surface area contributed by atoms with E-state index in [-0.39, 0.29) is 17.1 Å². The Kier molecular flexibility index (Phi) is 6.81. The molecule has 31 heavy (non-hydrogen) atoms. The Morgan fingerprint density at radius 1 is 0.903 bits per heavy atom. The van der Waals surface area contributed by atoms with Crippen molar-refractivity contribution in [3.8, 4) is 11.5 Å². The van der Waals surface area contributed by atoms with Gasteiger partial charge in [-0.3, -0.25) is 9.10 Å². The van der Waals surface area contributed by atoms with Crippen LogP contribution in [0.1, 0.15) is 17.3 Å². The number of amides is 1. The lowest BCUT2D eigenvalue weighted by Crippen LogP contribution is -2.30. The van der Waals surface area contributed by atoms with Gasteiger partial charge in [0.05, 0.1) is 36.1 Å². The zero-order valence-corrected chi connectivity index (χ0v) is 18.3. The average molecular weight is 441 g/mol. The SMILES string of the molecule is CCN(c1ccccc1)S(=O)(=O)c1ccc(OC)c(NC(=O)c2ccccc2OC)c1. The van der Waals surface area contributed by atoms with Crippen molar-refractivity contribution in [2.75, 3.05) is 30.4 Å². The van der Waals surface area contributed by atoms with Gasteiger partial charge in [-0.05, 0) is 49.4 Å². The summed E-state index contributed by atoms with van der Waals surface area (Å²) < 4.78 is 38.5. The van der Waals surface area contributed by atoms with E-state index < -0.39 is 15.9 Å². The molecule has 0 aliphatic rings. The summed E-state index contributed by atoms with van der Waals surface area (Å²) in [4.78, 5) is 12.9. The van der Waals surface area contributed by atoms with E-state index in [0.717, 1.165) is 0 Å². The molecule has 8 heteroatoms. The quantitative estimate of drug-likeness (QED) is 0.568. The predicted octanol–water partition coefficient (Wildman–Crippen LogP) is 4.17. The van der Waals surface area contributed by atoms with Crippen LogP contribution in [0, 0.1) is 0 Å². The molecule has 0 spiro atoms. The normalized spacial score (nSPS) is 10.9. The molecule has 0 aromatic heterocycles. The average Bonchev–Trinajstić information content (AvgIpc) is 2.80. The van der Waals surface area contributed by atoms with Crippen molar-refractivity contribution in [1.29, 1.82) is 0 Å². The molecule has 0 saturated heterocycles. The number of hydrogen-bond acceptors (Lipinski definition) is 5. The van der Waals surface area contributed by atoms with Crippen LogP contribution in [-0.2, 0) is 10.0 Å². The fourth-order valence-corrected chi connectivity index (χ4v) is 4.68. The molecular formula is C23H24N2O5S. The molecule has 3 rings (SSSR count). The van der Waals surface area contributed by atoms with Gasteiger partial charge in [-0.15, -0.1) is 0 Å². The maximum Gasteiger partial charge on any atom is 0.264 e. The minimum Gasteiger partial charge on any atom is -0.496 e. The minimum absolute atomic E-state index is 0.0364. The molecule has 0 atom stereocenters. The standard InChI is InChI=1S/C23H24N2O5S/c1-4-25(17-10-6-5-7-11-17)31(27,28)18-14-15-22(30-3)20(16-18)24-23(26)19-12-8-9-13-21(19)29-2/h5-16H,4H2,1-3H3,(H,24,26). The Labute approximate surface area is 182 Å². The Morgan fingerprint density at radius 2 is 1.55 bits per heavy atom. The first-order valence-corrected chi connectivity index (χ1v) is 11.1. The molecule has 0 unspecified atom stereocenters. The number of anilines is 2. The number of benzene rings is 3. The summed E-state index contributed by atoms with van der Waals surface area (Å²) in [5.74, 6) is 0.301. The Hall–Kier alpha value is -3.52. The maximum atomic E-state index is 13.3. The van der Waals surface area contributed by atoms with Gasteiger partial charge in [0.1, 0.15) is 11.5 Å². The molecule has 1 N–H and O–H groups in total. The van der Waals surface area contributed by atoms with E-state index in [1.54, 1.807) is 55.5 Å². The number of nitrogens with zero attached hydrogens (tertiary/aromatic N) is 1. The third-order valence-corrected chi connectivity index (χ3v) is 6.59. The highest BCUT2D eigenvalue weighted by Crippen LogP contribution is 2.31. The summed E-state index contributed by atoms with van der Waals surface area (Å²) in [7, 11) is -0.939. The van der Waals surface area contributed by atoms with Crippen molar-refractivity contribution >= 4 is 27.3 Å². The molecule has 3 aromatic rings. The fourth-order valence-electron chi connectivity index (χ4n) is 3.18. The third-order valence-electron chi connectivity index (χ3n) is 4.69. The van der Waals surface area contributed by atoms with Gasteiger partial charge >= 0.3 is 0 Å². The number of carbonyl (C=O) groups excluding carboxylic acids is 1. The predicted molar refractivity (Wildman–Crippen MR) is 121 cm³/mol. The number of rotatable bonds is 8. The fraction of sp³-hybridized carbons (Fsp3) is 0.174. The van der Waals surface area contributed by atoms with Crippen LogP contribution >= 0.6 is 0 Å². The van der Waals surface area contributed by atoms with Crippen molar-refractivity contribution in [3.63, 3.8) is 0 Å². The molecule has 0 fully saturated rings. The number of carbonyl (C=O) groups is 1. The van der Waals surface area contributed by atoms with Crippen molar-refractivity contribution in [2.45, 2.75) is 11.8 Å². The summed E-state index contributed by atoms with van der Waals surface area (Å²) in [6.07, 6.45) is 0. The van der Waals surface area contributed by atoms with E-state index in [2.05, 4.69) is 5.32 Å². The zero-order valence-electron chi connectivity index (χ0n) is 17.5. The molecule has 0 bridgehead atoms. The van der Waals surface area contributed by atoms with Gasteiger partial charge in [0.15, 0.2) is 0 Å². The van der Waals surface area contributed by atoms with Crippen molar-refractivity contribution in [3.05, 3.63) is 78.4 Å². The lowest BCUT2D eigenvalue weighted by molar-refractivity contribution is 0.102.